The smallest absolute Gasteiger partial charge is 0.128 e. The van der Waals surface area contributed by atoms with Crippen molar-refractivity contribution in [2.24, 2.45) is 7.05 Å². The molecule has 1 fully saturated rings. The average Bonchev–Trinajstić information content (AvgIpc) is 2.58. The van der Waals surface area contributed by atoms with Crippen LogP contribution in [0.25, 0.3) is 0 Å². The summed E-state index contributed by atoms with van der Waals surface area (Å²) in [4.78, 5) is 0. The topological polar surface area (TPSA) is 38.0 Å². The zero-order chi connectivity index (χ0) is 9.42. The van der Waals surface area contributed by atoms with Crippen LogP contribution in [0.4, 0.5) is 0 Å². The zero-order valence-electron chi connectivity index (χ0n) is 7.57. The molecule has 4 heteroatoms. The van der Waals surface area contributed by atoms with E-state index in [-0.39, 0.29) is 12.0 Å². The van der Waals surface area contributed by atoms with Gasteiger partial charge in [-0.25, -0.2) is 0 Å². The molecule has 0 saturated heterocycles. The number of nitrogens with zero attached hydrogens (tertiary/aromatic N) is 2. The minimum atomic E-state index is -0.178. The standard InChI is InChI=1S/C9H13BrN2O/c1-12-7(5-9(10)11-12)6-3-2-4-8(6)13/h5-6,8,13H,2-4H2,1H3. The third kappa shape index (κ3) is 1.65. The number of aliphatic hydroxyl groups excluding tert-OH is 1. The zero-order valence-corrected chi connectivity index (χ0v) is 9.16. The van der Waals surface area contributed by atoms with Gasteiger partial charge in [-0.15, -0.1) is 0 Å². The Morgan fingerprint density at radius 1 is 1.62 bits per heavy atom. The summed E-state index contributed by atoms with van der Waals surface area (Å²) >= 11 is 3.34. The largest absolute Gasteiger partial charge is 0.392 e. The van der Waals surface area contributed by atoms with Crippen LogP contribution in [0.2, 0.25) is 0 Å². The molecule has 3 nitrogen and oxygen atoms in total. The summed E-state index contributed by atoms with van der Waals surface area (Å²) in [6, 6.07) is 2.00. The lowest BCUT2D eigenvalue weighted by atomic mass is 10.0. The molecule has 0 radical (unpaired) electrons. The third-order valence-electron chi connectivity index (χ3n) is 2.75. The van der Waals surface area contributed by atoms with Crippen molar-refractivity contribution >= 4 is 15.9 Å². The number of aryl methyl sites for hydroxylation is 1. The number of aliphatic hydroxyl groups is 1. The monoisotopic (exact) mass is 244 g/mol. The van der Waals surface area contributed by atoms with Gasteiger partial charge in [-0.1, -0.05) is 6.42 Å². The Labute approximate surface area is 85.9 Å². The van der Waals surface area contributed by atoms with Gasteiger partial charge in [0.15, 0.2) is 0 Å². The van der Waals surface area contributed by atoms with Crippen molar-refractivity contribution in [2.45, 2.75) is 31.3 Å². The molecule has 0 bridgehead atoms. The van der Waals surface area contributed by atoms with Gasteiger partial charge in [0.05, 0.1) is 6.10 Å². The van der Waals surface area contributed by atoms with Crippen molar-refractivity contribution in [1.82, 2.24) is 9.78 Å². The molecule has 2 atom stereocenters. The van der Waals surface area contributed by atoms with E-state index in [0.717, 1.165) is 29.6 Å². The van der Waals surface area contributed by atoms with E-state index in [9.17, 15) is 5.11 Å². The van der Waals surface area contributed by atoms with Gasteiger partial charge in [0.1, 0.15) is 4.60 Å². The molecular formula is C9H13BrN2O. The number of rotatable bonds is 1. The SMILES string of the molecule is Cn1nc(Br)cc1C1CCCC1O. The van der Waals surface area contributed by atoms with Crippen molar-refractivity contribution in [2.75, 3.05) is 0 Å². The quantitative estimate of drug-likeness (QED) is 0.819. The van der Waals surface area contributed by atoms with Crippen LogP contribution in [0.5, 0.6) is 0 Å². The van der Waals surface area contributed by atoms with Crippen molar-refractivity contribution in [3.63, 3.8) is 0 Å². The van der Waals surface area contributed by atoms with E-state index < -0.39 is 0 Å². The summed E-state index contributed by atoms with van der Waals surface area (Å²) < 4.78 is 2.70. The lowest BCUT2D eigenvalue weighted by Crippen LogP contribution is -2.14. The highest BCUT2D eigenvalue weighted by Gasteiger charge is 2.29. The van der Waals surface area contributed by atoms with Crippen LogP contribution in [0, 0.1) is 0 Å². The molecule has 1 aliphatic carbocycles. The normalized spacial score (nSPS) is 28.2. The molecule has 1 aromatic heterocycles. The Bertz CT molecular complexity index is 311. The first-order chi connectivity index (χ1) is 6.18. The average molecular weight is 245 g/mol. The molecule has 13 heavy (non-hydrogen) atoms. The van der Waals surface area contributed by atoms with E-state index in [1.165, 1.54) is 0 Å². The summed E-state index contributed by atoms with van der Waals surface area (Å²) in [5.74, 6) is 0.281. The van der Waals surface area contributed by atoms with Gasteiger partial charge in [0.2, 0.25) is 0 Å². The molecule has 0 amide bonds. The fourth-order valence-corrected chi connectivity index (χ4v) is 2.55. The summed E-state index contributed by atoms with van der Waals surface area (Å²) in [6.07, 6.45) is 2.94. The van der Waals surface area contributed by atoms with Crippen LogP contribution in [-0.4, -0.2) is 21.0 Å². The van der Waals surface area contributed by atoms with E-state index in [1.54, 1.807) is 0 Å². The maximum atomic E-state index is 9.72. The van der Waals surface area contributed by atoms with Gasteiger partial charge in [-0.3, -0.25) is 4.68 Å². The molecule has 72 valence electrons. The van der Waals surface area contributed by atoms with Gasteiger partial charge in [0.25, 0.3) is 0 Å². The molecule has 1 aromatic rings. The highest BCUT2D eigenvalue weighted by molar-refractivity contribution is 9.10. The second-order valence-electron chi connectivity index (χ2n) is 3.62. The maximum Gasteiger partial charge on any atom is 0.128 e. The van der Waals surface area contributed by atoms with Crippen LogP contribution in [0.15, 0.2) is 10.7 Å². The molecule has 2 unspecified atom stereocenters. The Hall–Kier alpha value is -0.350. The number of aromatic nitrogens is 2. The van der Waals surface area contributed by atoms with Crippen molar-refractivity contribution in [1.29, 1.82) is 0 Å². The minimum Gasteiger partial charge on any atom is -0.392 e. The van der Waals surface area contributed by atoms with Gasteiger partial charge >= 0.3 is 0 Å². The summed E-state index contributed by atoms with van der Waals surface area (Å²) in [6.45, 7) is 0. The third-order valence-corrected chi connectivity index (χ3v) is 3.13. The summed E-state index contributed by atoms with van der Waals surface area (Å²) in [7, 11) is 1.92. The van der Waals surface area contributed by atoms with Gasteiger partial charge in [-0.2, -0.15) is 5.10 Å². The Kier molecular flexibility index (Phi) is 2.43. The molecular weight excluding hydrogens is 232 g/mol. The first kappa shape index (κ1) is 9.21. The van der Waals surface area contributed by atoms with E-state index in [4.69, 9.17) is 0 Å². The van der Waals surface area contributed by atoms with E-state index in [0.29, 0.717) is 0 Å². The number of hydrogen-bond donors (Lipinski definition) is 1. The Balaban J connectivity index is 2.28. The number of halogens is 1. The van der Waals surface area contributed by atoms with Crippen LogP contribution in [0.3, 0.4) is 0 Å². The predicted octanol–water partition coefficient (Wildman–Crippen LogP) is 1.81. The lowest BCUT2D eigenvalue weighted by molar-refractivity contribution is 0.160. The lowest BCUT2D eigenvalue weighted by Gasteiger charge is -2.13. The molecule has 0 aliphatic heterocycles. The van der Waals surface area contributed by atoms with E-state index >= 15 is 0 Å². The van der Waals surface area contributed by atoms with Crippen molar-refractivity contribution in [3.8, 4) is 0 Å². The second-order valence-corrected chi connectivity index (χ2v) is 4.43. The molecule has 0 spiro atoms. The first-order valence-electron chi connectivity index (χ1n) is 4.56. The highest BCUT2D eigenvalue weighted by atomic mass is 79.9. The Morgan fingerprint density at radius 2 is 2.38 bits per heavy atom. The summed E-state index contributed by atoms with van der Waals surface area (Å²) in [5, 5.41) is 13.9. The molecule has 1 heterocycles. The number of hydrogen-bond acceptors (Lipinski definition) is 2. The molecule has 1 aliphatic rings. The van der Waals surface area contributed by atoms with Gasteiger partial charge in [0, 0.05) is 18.7 Å². The van der Waals surface area contributed by atoms with Crippen LogP contribution < -0.4 is 0 Å². The molecule has 0 aromatic carbocycles. The van der Waals surface area contributed by atoms with Gasteiger partial charge in [-0.05, 0) is 34.8 Å². The molecule has 1 saturated carbocycles. The first-order valence-corrected chi connectivity index (χ1v) is 5.35. The second kappa shape index (κ2) is 3.42. The fraction of sp³-hybridized carbons (Fsp3) is 0.667. The maximum absolute atomic E-state index is 9.72. The summed E-state index contributed by atoms with van der Waals surface area (Å²) in [5.41, 5.74) is 1.14. The fourth-order valence-electron chi connectivity index (χ4n) is 2.08. The van der Waals surface area contributed by atoms with Crippen molar-refractivity contribution < 1.29 is 5.11 Å². The highest BCUT2D eigenvalue weighted by Crippen LogP contribution is 2.34. The van der Waals surface area contributed by atoms with Crippen LogP contribution in [-0.2, 0) is 7.05 Å². The minimum absolute atomic E-state index is 0.178. The van der Waals surface area contributed by atoms with E-state index in [1.807, 2.05) is 17.8 Å². The van der Waals surface area contributed by atoms with Crippen molar-refractivity contribution in [3.05, 3.63) is 16.4 Å². The van der Waals surface area contributed by atoms with E-state index in [2.05, 4.69) is 21.0 Å². The Morgan fingerprint density at radius 3 is 2.85 bits per heavy atom. The van der Waals surface area contributed by atoms with Crippen LogP contribution >= 0.6 is 15.9 Å². The van der Waals surface area contributed by atoms with Crippen LogP contribution in [0.1, 0.15) is 30.9 Å². The molecule has 1 N–H and O–H groups in total. The predicted molar refractivity (Wildman–Crippen MR) is 53.5 cm³/mol. The molecule has 2 rings (SSSR count). The van der Waals surface area contributed by atoms with Gasteiger partial charge < -0.3 is 5.11 Å².